The number of nitro groups is 1. The first-order chi connectivity index (χ1) is 11.5. The summed E-state index contributed by atoms with van der Waals surface area (Å²) in [5.74, 6) is -0.210. The molecule has 0 bridgehead atoms. The van der Waals surface area contributed by atoms with E-state index in [1.165, 1.54) is 19.2 Å². The Morgan fingerprint density at radius 3 is 2.42 bits per heavy atom. The van der Waals surface area contributed by atoms with Crippen molar-refractivity contribution in [2.45, 2.75) is 0 Å². The second-order valence-electron chi connectivity index (χ2n) is 5.35. The molecule has 0 heterocycles. The maximum atomic E-state index is 11.9. The molecule has 2 N–H and O–H groups in total. The van der Waals surface area contributed by atoms with Gasteiger partial charge in [0.05, 0.1) is 4.92 Å². The molecule has 120 valence electrons. The molecule has 0 aliphatic carbocycles. The highest BCUT2D eigenvalue weighted by molar-refractivity contribution is 5.97. The van der Waals surface area contributed by atoms with Crippen molar-refractivity contribution in [3.05, 3.63) is 70.3 Å². The fraction of sp³-hybridized carbons (Fsp3) is 0.0556. The molecule has 24 heavy (non-hydrogen) atoms. The quantitative estimate of drug-likeness (QED) is 0.570. The lowest BCUT2D eigenvalue weighted by atomic mass is 9.98. The molecule has 6 heteroatoms. The lowest BCUT2D eigenvalue weighted by Crippen LogP contribution is -2.17. The molecular weight excluding hydrogens is 308 g/mol. The molecule has 0 spiro atoms. The third-order valence-electron chi connectivity index (χ3n) is 3.78. The lowest BCUT2D eigenvalue weighted by Gasteiger charge is -2.07. The zero-order valence-corrected chi connectivity index (χ0v) is 12.8. The summed E-state index contributed by atoms with van der Waals surface area (Å²) < 4.78 is 0. The van der Waals surface area contributed by atoms with Gasteiger partial charge in [0.1, 0.15) is 5.75 Å². The van der Waals surface area contributed by atoms with Crippen LogP contribution in [0.4, 0.5) is 5.69 Å². The van der Waals surface area contributed by atoms with Crippen molar-refractivity contribution in [1.82, 2.24) is 5.32 Å². The number of nitro benzene ring substituents is 1. The Hall–Kier alpha value is -3.41. The van der Waals surface area contributed by atoms with Gasteiger partial charge >= 0.3 is 0 Å². The summed E-state index contributed by atoms with van der Waals surface area (Å²) in [5, 5.41) is 24.9. The lowest BCUT2D eigenvalue weighted by molar-refractivity contribution is -0.384. The van der Waals surface area contributed by atoms with Crippen LogP contribution in [0.5, 0.6) is 5.75 Å². The third kappa shape index (κ3) is 2.89. The first-order valence-corrected chi connectivity index (χ1v) is 7.22. The predicted octanol–water partition coefficient (Wildman–Crippen LogP) is 3.48. The van der Waals surface area contributed by atoms with Crippen molar-refractivity contribution < 1.29 is 14.8 Å². The van der Waals surface area contributed by atoms with E-state index in [0.717, 1.165) is 16.3 Å². The van der Waals surface area contributed by atoms with Crippen LogP contribution in [-0.4, -0.2) is 23.0 Å². The third-order valence-corrected chi connectivity index (χ3v) is 3.78. The van der Waals surface area contributed by atoms with E-state index in [4.69, 9.17) is 0 Å². The van der Waals surface area contributed by atoms with Crippen molar-refractivity contribution >= 4 is 22.4 Å². The number of phenolic OH excluding ortho intramolecular Hbond substituents is 1. The van der Waals surface area contributed by atoms with E-state index >= 15 is 0 Å². The van der Waals surface area contributed by atoms with Crippen molar-refractivity contribution in [2.24, 2.45) is 0 Å². The van der Waals surface area contributed by atoms with Crippen LogP contribution in [0.25, 0.3) is 21.9 Å². The molecule has 3 rings (SSSR count). The minimum absolute atomic E-state index is 0.142. The van der Waals surface area contributed by atoms with E-state index in [1.807, 2.05) is 12.1 Å². The van der Waals surface area contributed by atoms with Crippen LogP contribution in [0.2, 0.25) is 0 Å². The van der Waals surface area contributed by atoms with Crippen molar-refractivity contribution in [2.75, 3.05) is 7.05 Å². The molecule has 0 radical (unpaired) electrons. The second kappa shape index (κ2) is 6.00. The summed E-state index contributed by atoms with van der Waals surface area (Å²) in [7, 11) is 1.48. The van der Waals surface area contributed by atoms with Crippen LogP contribution >= 0.6 is 0 Å². The number of aromatic hydroxyl groups is 1. The molecule has 0 saturated heterocycles. The molecule has 1 amide bonds. The normalized spacial score (nSPS) is 10.5. The minimum Gasteiger partial charge on any atom is -0.508 e. The molecule has 0 unspecified atom stereocenters. The molecular formula is C18H14N2O4. The number of benzene rings is 3. The fourth-order valence-corrected chi connectivity index (χ4v) is 2.57. The Morgan fingerprint density at radius 2 is 1.71 bits per heavy atom. The van der Waals surface area contributed by atoms with Gasteiger partial charge in [-0.3, -0.25) is 14.9 Å². The van der Waals surface area contributed by atoms with E-state index in [9.17, 15) is 20.0 Å². The van der Waals surface area contributed by atoms with Gasteiger partial charge < -0.3 is 10.4 Å². The van der Waals surface area contributed by atoms with Crippen molar-refractivity contribution in [3.8, 4) is 16.9 Å². The number of carbonyl (C=O) groups excluding carboxylic acids is 1. The van der Waals surface area contributed by atoms with E-state index in [2.05, 4.69) is 5.32 Å². The highest BCUT2D eigenvalue weighted by atomic mass is 16.6. The van der Waals surface area contributed by atoms with E-state index in [-0.39, 0.29) is 22.9 Å². The maximum Gasteiger partial charge on any atom is 0.270 e. The minimum atomic E-state index is -0.519. The van der Waals surface area contributed by atoms with Crippen LogP contribution in [0.1, 0.15) is 10.4 Å². The predicted molar refractivity (Wildman–Crippen MR) is 91.1 cm³/mol. The number of fused-ring (bicyclic) bond motifs is 1. The Morgan fingerprint density at radius 1 is 1.00 bits per heavy atom. The average molecular weight is 322 g/mol. The topological polar surface area (TPSA) is 92.5 Å². The van der Waals surface area contributed by atoms with Gasteiger partial charge in [-0.2, -0.15) is 0 Å². The van der Waals surface area contributed by atoms with Gasteiger partial charge in [-0.25, -0.2) is 0 Å². The smallest absolute Gasteiger partial charge is 0.270 e. The van der Waals surface area contributed by atoms with Crippen LogP contribution in [-0.2, 0) is 0 Å². The zero-order chi connectivity index (χ0) is 17.3. The average Bonchev–Trinajstić information content (AvgIpc) is 2.60. The number of phenols is 1. The molecule has 3 aromatic carbocycles. The van der Waals surface area contributed by atoms with Gasteiger partial charge in [0.2, 0.25) is 0 Å². The number of non-ortho nitro benzene ring substituents is 1. The second-order valence-corrected chi connectivity index (χ2v) is 5.35. The largest absolute Gasteiger partial charge is 0.508 e. The SMILES string of the molecule is CNC(=O)c1cc(-c2ccc3cc(O)ccc3c2)cc([N+](=O)[O-])c1. The summed E-state index contributed by atoms with van der Waals surface area (Å²) in [6.07, 6.45) is 0. The van der Waals surface area contributed by atoms with Gasteiger partial charge in [-0.05, 0) is 46.2 Å². The van der Waals surface area contributed by atoms with E-state index in [1.54, 1.807) is 30.3 Å². The van der Waals surface area contributed by atoms with Crippen LogP contribution in [0, 0.1) is 10.1 Å². The standard InChI is InChI=1S/C18H14N2O4/c1-19-18(22)15-7-14(8-16(9-15)20(23)24)12-2-3-13-10-17(21)5-4-11(13)6-12/h2-10,21H,1H3,(H,19,22). The number of nitrogens with zero attached hydrogens (tertiary/aromatic N) is 1. The van der Waals surface area contributed by atoms with Gasteiger partial charge in [0.15, 0.2) is 0 Å². The molecule has 0 aliphatic rings. The Kier molecular flexibility index (Phi) is 3.87. The van der Waals surface area contributed by atoms with Crippen LogP contribution in [0.15, 0.2) is 54.6 Å². The molecule has 3 aromatic rings. The molecule has 0 atom stereocenters. The number of rotatable bonds is 3. The number of hydrogen-bond acceptors (Lipinski definition) is 4. The summed E-state index contributed by atoms with van der Waals surface area (Å²) in [6, 6.07) is 14.8. The van der Waals surface area contributed by atoms with E-state index < -0.39 is 4.92 Å². The highest BCUT2D eigenvalue weighted by Crippen LogP contribution is 2.30. The zero-order valence-electron chi connectivity index (χ0n) is 12.8. The monoisotopic (exact) mass is 322 g/mol. The number of nitrogens with one attached hydrogen (secondary N) is 1. The summed E-state index contributed by atoms with van der Waals surface area (Å²) in [4.78, 5) is 22.5. The van der Waals surface area contributed by atoms with Crippen molar-refractivity contribution in [3.63, 3.8) is 0 Å². The molecule has 0 fully saturated rings. The Bertz CT molecular complexity index is 966. The van der Waals surface area contributed by atoms with E-state index in [0.29, 0.717) is 5.56 Å². The first kappa shape index (κ1) is 15.5. The number of amides is 1. The number of carbonyl (C=O) groups is 1. The molecule has 0 saturated carbocycles. The summed E-state index contributed by atoms with van der Waals surface area (Å²) in [5.41, 5.74) is 1.42. The van der Waals surface area contributed by atoms with Gasteiger partial charge in [-0.1, -0.05) is 18.2 Å². The molecule has 0 aromatic heterocycles. The molecule has 0 aliphatic heterocycles. The summed E-state index contributed by atoms with van der Waals surface area (Å²) >= 11 is 0. The highest BCUT2D eigenvalue weighted by Gasteiger charge is 2.15. The molecule has 6 nitrogen and oxygen atoms in total. The van der Waals surface area contributed by atoms with Crippen LogP contribution < -0.4 is 5.32 Å². The van der Waals surface area contributed by atoms with Crippen molar-refractivity contribution in [1.29, 1.82) is 0 Å². The van der Waals surface area contributed by atoms with Gasteiger partial charge in [-0.15, -0.1) is 0 Å². The van der Waals surface area contributed by atoms with Crippen LogP contribution in [0.3, 0.4) is 0 Å². The Balaban J connectivity index is 2.17. The summed E-state index contributed by atoms with van der Waals surface area (Å²) in [6.45, 7) is 0. The van der Waals surface area contributed by atoms with Gasteiger partial charge in [0, 0.05) is 24.7 Å². The number of hydrogen-bond donors (Lipinski definition) is 2. The maximum absolute atomic E-state index is 11.9. The van der Waals surface area contributed by atoms with Gasteiger partial charge in [0.25, 0.3) is 11.6 Å². The first-order valence-electron chi connectivity index (χ1n) is 7.22. The fourth-order valence-electron chi connectivity index (χ4n) is 2.57. The Labute approximate surface area is 137 Å².